The van der Waals surface area contributed by atoms with Crippen LogP contribution in [0.1, 0.15) is 24.0 Å². The summed E-state index contributed by atoms with van der Waals surface area (Å²) < 4.78 is 0. The SMILES string of the molecule is Cc1cc(C)cc(N2CCCC(N)(CO)C2)c1. The third-order valence-corrected chi connectivity index (χ3v) is 3.49. The Balaban J connectivity index is 2.21. The van der Waals surface area contributed by atoms with E-state index in [1.165, 1.54) is 16.8 Å². The van der Waals surface area contributed by atoms with Crippen molar-refractivity contribution in [2.45, 2.75) is 32.2 Å². The molecule has 1 heterocycles. The van der Waals surface area contributed by atoms with Gasteiger partial charge in [0.05, 0.1) is 12.1 Å². The molecule has 1 aliphatic rings. The number of benzene rings is 1. The van der Waals surface area contributed by atoms with Crippen LogP contribution in [0.25, 0.3) is 0 Å². The van der Waals surface area contributed by atoms with Gasteiger partial charge in [0, 0.05) is 18.8 Å². The molecule has 94 valence electrons. The first-order valence-electron chi connectivity index (χ1n) is 6.25. The third kappa shape index (κ3) is 2.79. The Hall–Kier alpha value is -1.06. The van der Waals surface area contributed by atoms with Crippen molar-refractivity contribution in [2.75, 3.05) is 24.6 Å². The van der Waals surface area contributed by atoms with Gasteiger partial charge in [0.15, 0.2) is 0 Å². The fraction of sp³-hybridized carbons (Fsp3) is 0.571. The number of hydrogen-bond acceptors (Lipinski definition) is 3. The maximum absolute atomic E-state index is 9.37. The van der Waals surface area contributed by atoms with E-state index in [0.717, 1.165) is 25.9 Å². The third-order valence-electron chi connectivity index (χ3n) is 3.49. The van der Waals surface area contributed by atoms with Crippen LogP contribution in [0, 0.1) is 13.8 Å². The highest BCUT2D eigenvalue weighted by Crippen LogP contribution is 2.26. The molecule has 1 unspecified atom stereocenters. The van der Waals surface area contributed by atoms with Gasteiger partial charge in [-0.25, -0.2) is 0 Å². The standard InChI is InChI=1S/C14H22N2O/c1-11-6-12(2)8-13(7-11)16-5-3-4-14(15,9-16)10-17/h6-8,17H,3-5,9-10,15H2,1-2H3. The zero-order chi connectivity index (χ0) is 12.5. The molecule has 3 heteroatoms. The number of nitrogens with zero attached hydrogens (tertiary/aromatic N) is 1. The van der Waals surface area contributed by atoms with Gasteiger partial charge in [0.2, 0.25) is 0 Å². The summed E-state index contributed by atoms with van der Waals surface area (Å²) in [6, 6.07) is 6.56. The maximum Gasteiger partial charge on any atom is 0.0628 e. The number of aryl methyl sites for hydroxylation is 2. The Labute approximate surface area is 103 Å². The smallest absolute Gasteiger partial charge is 0.0628 e. The maximum atomic E-state index is 9.37. The summed E-state index contributed by atoms with van der Waals surface area (Å²) in [5.41, 5.74) is 9.51. The molecule has 1 atom stereocenters. The summed E-state index contributed by atoms with van der Waals surface area (Å²) in [4.78, 5) is 2.29. The Morgan fingerprint density at radius 2 is 1.94 bits per heavy atom. The molecule has 1 saturated heterocycles. The minimum atomic E-state index is -0.435. The summed E-state index contributed by atoms with van der Waals surface area (Å²) in [7, 11) is 0. The van der Waals surface area contributed by atoms with Crippen LogP contribution in [0.15, 0.2) is 18.2 Å². The highest BCUT2D eigenvalue weighted by Gasteiger charge is 2.31. The van der Waals surface area contributed by atoms with E-state index >= 15 is 0 Å². The minimum Gasteiger partial charge on any atom is -0.394 e. The Kier molecular flexibility index (Phi) is 3.40. The van der Waals surface area contributed by atoms with E-state index in [1.54, 1.807) is 0 Å². The van der Waals surface area contributed by atoms with Gasteiger partial charge in [-0.1, -0.05) is 6.07 Å². The molecule has 0 bridgehead atoms. The normalized spacial score (nSPS) is 25.1. The van der Waals surface area contributed by atoms with Crippen molar-refractivity contribution >= 4 is 5.69 Å². The largest absolute Gasteiger partial charge is 0.394 e. The average molecular weight is 234 g/mol. The van der Waals surface area contributed by atoms with Crippen LogP contribution in [-0.4, -0.2) is 30.3 Å². The monoisotopic (exact) mass is 234 g/mol. The predicted molar refractivity (Wildman–Crippen MR) is 71.4 cm³/mol. The van der Waals surface area contributed by atoms with E-state index in [4.69, 9.17) is 5.73 Å². The molecule has 3 N–H and O–H groups in total. The number of aliphatic hydroxyl groups excluding tert-OH is 1. The van der Waals surface area contributed by atoms with Crippen molar-refractivity contribution in [3.63, 3.8) is 0 Å². The lowest BCUT2D eigenvalue weighted by Gasteiger charge is -2.40. The highest BCUT2D eigenvalue weighted by molar-refractivity contribution is 5.51. The van der Waals surface area contributed by atoms with E-state index in [9.17, 15) is 5.11 Å². The Morgan fingerprint density at radius 3 is 2.53 bits per heavy atom. The molecule has 0 aliphatic carbocycles. The second-order valence-electron chi connectivity index (χ2n) is 5.39. The number of aliphatic hydroxyl groups is 1. The molecule has 1 fully saturated rings. The van der Waals surface area contributed by atoms with Crippen LogP contribution in [-0.2, 0) is 0 Å². The van der Waals surface area contributed by atoms with Crippen LogP contribution < -0.4 is 10.6 Å². The van der Waals surface area contributed by atoms with Crippen LogP contribution in [0.2, 0.25) is 0 Å². The molecule has 1 aliphatic heterocycles. The van der Waals surface area contributed by atoms with Crippen LogP contribution in [0.3, 0.4) is 0 Å². The van der Waals surface area contributed by atoms with Crippen molar-refractivity contribution < 1.29 is 5.11 Å². The molecule has 3 nitrogen and oxygen atoms in total. The predicted octanol–water partition coefficient (Wildman–Crippen LogP) is 1.59. The van der Waals surface area contributed by atoms with Crippen LogP contribution >= 0.6 is 0 Å². The number of hydrogen-bond donors (Lipinski definition) is 2. The van der Waals surface area contributed by atoms with E-state index in [-0.39, 0.29) is 6.61 Å². The summed E-state index contributed by atoms with van der Waals surface area (Å²) in [6.45, 7) is 6.06. The van der Waals surface area contributed by atoms with Crippen molar-refractivity contribution in [1.82, 2.24) is 0 Å². The zero-order valence-electron chi connectivity index (χ0n) is 10.7. The van der Waals surface area contributed by atoms with Gasteiger partial charge in [-0.2, -0.15) is 0 Å². The number of rotatable bonds is 2. The molecule has 0 spiro atoms. The van der Waals surface area contributed by atoms with Crippen molar-refractivity contribution in [3.8, 4) is 0 Å². The second kappa shape index (κ2) is 4.67. The summed E-state index contributed by atoms with van der Waals surface area (Å²) in [5, 5.41) is 9.37. The Morgan fingerprint density at radius 1 is 1.29 bits per heavy atom. The highest BCUT2D eigenvalue weighted by atomic mass is 16.3. The van der Waals surface area contributed by atoms with Gasteiger partial charge in [-0.3, -0.25) is 0 Å². The molecular formula is C14H22N2O. The van der Waals surface area contributed by atoms with E-state index in [2.05, 4.69) is 36.9 Å². The fourth-order valence-corrected chi connectivity index (χ4v) is 2.64. The molecule has 0 aromatic heterocycles. The molecule has 1 aromatic carbocycles. The lowest BCUT2D eigenvalue weighted by molar-refractivity contribution is 0.177. The Bertz CT molecular complexity index is 385. The minimum absolute atomic E-state index is 0.0638. The molecular weight excluding hydrogens is 212 g/mol. The zero-order valence-corrected chi connectivity index (χ0v) is 10.7. The molecule has 0 amide bonds. The molecule has 0 saturated carbocycles. The number of piperidine rings is 1. The van der Waals surface area contributed by atoms with Crippen LogP contribution in [0.5, 0.6) is 0 Å². The van der Waals surface area contributed by atoms with Gasteiger partial charge in [-0.05, 0) is 49.9 Å². The van der Waals surface area contributed by atoms with Gasteiger partial charge in [0.1, 0.15) is 0 Å². The number of nitrogens with two attached hydrogens (primary N) is 1. The van der Waals surface area contributed by atoms with Gasteiger partial charge < -0.3 is 15.7 Å². The van der Waals surface area contributed by atoms with Crippen molar-refractivity contribution in [3.05, 3.63) is 29.3 Å². The summed E-state index contributed by atoms with van der Waals surface area (Å²) in [6.07, 6.45) is 1.95. The average Bonchev–Trinajstić information content (AvgIpc) is 2.28. The fourth-order valence-electron chi connectivity index (χ4n) is 2.64. The molecule has 17 heavy (non-hydrogen) atoms. The van der Waals surface area contributed by atoms with Crippen LogP contribution in [0.4, 0.5) is 5.69 Å². The van der Waals surface area contributed by atoms with E-state index < -0.39 is 5.54 Å². The summed E-state index contributed by atoms with van der Waals surface area (Å²) in [5.74, 6) is 0. The first kappa shape index (κ1) is 12.4. The van der Waals surface area contributed by atoms with E-state index in [1.807, 2.05) is 0 Å². The second-order valence-corrected chi connectivity index (χ2v) is 5.39. The van der Waals surface area contributed by atoms with Gasteiger partial charge in [-0.15, -0.1) is 0 Å². The van der Waals surface area contributed by atoms with Gasteiger partial charge >= 0.3 is 0 Å². The van der Waals surface area contributed by atoms with Crippen molar-refractivity contribution in [2.24, 2.45) is 5.73 Å². The number of anilines is 1. The van der Waals surface area contributed by atoms with Gasteiger partial charge in [0.25, 0.3) is 0 Å². The first-order chi connectivity index (χ1) is 8.02. The molecule has 2 rings (SSSR count). The first-order valence-corrected chi connectivity index (χ1v) is 6.25. The quantitative estimate of drug-likeness (QED) is 0.817. The summed E-state index contributed by atoms with van der Waals surface area (Å²) >= 11 is 0. The van der Waals surface area contributed by atoms with E-state index in [0.29, 0.717) is 0 Å². The van der Waals surface area contributed by atoms with Crippen molar-refractivity contribution in [1.29, 1.82) is 0 Å². The topological polar surface area (TPSA) is 49.5 Å². The lowest BCUT2D eigenvalue weighted by atomic mass is 9.90. The molecule has 0 radical (unpaired) electrons. The lowest BCUT2D eigenvalue weighted by Crippen LogP contribution is -2.56. The molecule has 1 aromatic rings.